The Balaban J connectivity index is 2.58. The Morgan fingerprint density at radius 2 is 1.84 bits per heavy atom. The van der Waals surface area contributed by atoms with E-state index in [1.807, 2.05) is 39.0 Å². The number of ether oxygens (including phenoxy) is 2. The zero-order valence-electron chi connectivity index (χ0n) is 15.2. The fraction of sp³-hybridized carbons (Fsp3) is 0.611. The average Bonchev–Trinajstić information content (AvgIpc) is 2.45. The predicted molar refractivity (Wildman–Crippen MR) is 89.8 cm³/mol. The number of amides is 1. The molecule has 25 heavy (non-hydrogen) atoms. The highest BCUT2D eigenvalue weighted by molar-refractivity contribution is 5.81. The predicted octanol–water partition coefficient (Wildman–Crippen LogP) is 3.97. The summed E-state index contributed by atoms with van der Waals surface area (Å²) in [5.41, 5.74) is 2.01. The highest BCUT2D eigenvalue weighted by atomic mass is 19.4. The molecule has 1 N–H and O–H groups in total. The second kappa shape index (κ2) is 9.08. The molecular weight excluding hydrogens is 335 g/mol. The summed E-state index contributed by atoms with van der Waals surface area (Å²) >= 11 is 0. The number of aryl methyl sites for hydroxylation is 1. The van der Waals surface area contributed by atoms with Crippen LogP contribution in [0.5, 0.6) is 5.75 Å². The molecule has 0 saturated carbocycles. The molecule has 2 unspecified atom stereocenters. The minimum atomic E-state index is -4.38. The zero-order chi connectivity index (χ0) is 19.2. The standard InChI is InChI=1S/C18H26F3NO3/c1-11(2)15-7-6-12(3)8-16(15)25-14(5)17(23)22-13(4)9-24-10-18(19,20)21/h6-8,11,13-14H,9-10H2,1-5H3,(H,22,23). The number of carbonyl (C=O) groups excluding carboxylic acids is 1. The van der Waals surface area contributed by atoms with Crippen molar-refractivity contribution in [3.8, 4) is 5.75 Å². The number of alkyl halides is 3. The molecule has 0 spiro atoms. The van der Waals surface area contributed by atoms with Crippen molar-refractivity contribution in [3.05, 3.63) is 29.3 Å². The van der Waals surface area contributed by atoms with Crippen LogP contribution in [0.1, 0.15) is 44.7 Å². The fourth-order valence-corrected chi connectivity index (χ4v) is 2.22. The van der Waals surface area contributed by atoms with E-state index in [1.165, 1.54) is 0 Å². The summed E-state index contributed by atoms with van der Waals surface area (Å²) < 4.78 is 46.4. The first-order valence-corrected chi connectivity index (χ1v) is 8.21. The van der Waals surface area contributed by atoms with Crippen LogP contribution in [0.15, 0.2) is 18.2 Å². The van der Waals surface area contributed by atoms with Gasteiger partial charge in [-0.15, -0.1) is 0 Å². The molecular formula is C18H26F3NO3. The van der Waals surface area contributed by atoms with Gasteiger partial charge >= 0.3 is 6.18 Å². The maximum absolute atomic E-state index is 12.2. The first-order valence-electron chi connectivity index (χ1n) is 8.21. The second-order valence-electron chi connectivity index (χ2n) is 6.50. The third-order valence-corrected chi connectivity index (χ3v) is 3.49. The Morgan fingerprint density at radius 1 is 1.20 bits per heavy atom. The Morgan fingerprint density at radius 3 is 2.40 bits per heavy atom. The van der Waals surface area contributed by atoms with E-state index in [-0.39, 0.29) is 12.5 Å². The van der Waals surface area contributed by atoms with Gasteiger partial charge in [0.2, 0.25) is 0 Å². The van der Waals surface area contributed by atoms with Gasteiger partial charge in [-0.25, -0.2) is 0 Å². The molecule has 0 heterocycles. The first kappa shape index (κ1) is 21.3. The topological polar surface area (TPSA) is 47.6 Å². The van der Waals surface area contributed by atoms with Crippen LogP contribution in [-0.4, -0.2) is 37.4 Å². The second-order valence-corrected chi connectivity index (χ2v) is 6.50. The van der Waals surface area contributed by atoms with Gasteiger partial charge in [0, 0.05) is 6.04 Å². The van der Waals surface area contributed by atoms with Crippen molar-refractivity contribution in [3.63, 3.8) is 0 Å². The normalized spacial score (nSPS) is 14.3. The Kier molecular flexibility index (Phi) is 7.73. The lowest BCUT2D eigenvalue weighted by molar-refractivity contribution is -0.175. The largest absolute Gasteiger partial charge is 0.481 e. The molecule has 1 aromatic carbocycles. The minimum Gasteiger partial charge on any atom is -0.481 e. The van der Waals surface area contributed by atoms with Crippen LogP contribution in [-0.2, 0) is 9.53 Å². The van der Waals surface area contributed by atoms with E-state index >= 15 is 0 Å². The van der Waals surface area contributed by atoms with Crippen molar-refractivity contribution in [2.24, 2.45) is 0 Å². The molecule has 1 amide bonds. The van der Waals surface area contributed by atoms with E-state index in [1.54, 1.807) is 13.8 Å². The van der Waals surface area contributed by atoms with E-state index in [9.17, 15) is 18.0 Å². The van der Waals surface area contributed by atoms with E-state index in [2.05, 4.69) is 10.1 Å². The number of carbonyl (C=O) groups is 1. The van der Waals surface area contributed by atoms with Crippen LogP contribution < -0.4 is 10.1 Å². The highest BCUT2D eigenvalue weighted by Gasteiger charge is 2.28. The van der Waals surface area contributed by atoms with Gasteiger partial charge in [0.05, 0.1) is 6.61 Å². The van der Waals surface area contributed by atoms with Gasteiger partial charge in [-0.1, -0.05) is 26.0 Å². The summed E-state index contributed by atoms with van der Waals surface area (Å²) in [4.78, 5) is 12.2. The maximum Gasteiger partial charge on any atom is 0.411 e. The summed E-state index contributed by atoms with van der Waals surface area (Å²) in [5.74, 6) is 0.471. The molecule has 0 fully saturated rings. The number of hydrogen-bond acceptors (Lipinski definition) is 3. The van der Waals surface area contributed by atoms with Gasteiger partial charge in [-0.05, 0) is 43.9 Å². The maximum atomic E-state index is 12.2. The Hall–Kier alpha value is -1.76. The molecule has 0 bridgehead atoms. The van der Waals surface area contributed by atoms with Crippen LogP contribution in [0.2, 0.25) is 0 Å². The van der Waals surface area contributed by atoms with Gasteiger partial charge in [0.1, 0.15) is 12.4 Å². The smallest absolute Gasteiger partial charge is 0.411 e. The summed E-state index contributed by atoms with van der Waals surface area (Å²) in [6, 6.07) is 5.26. The minimum absolute atomic E-state index is 0.223. The lowest BCUT2D eigenvalue weighted by Crippen LogP contribution is -2.43. The number of benzene rings is 1. The van der Waals surface area contributed by atoms with Crippen LogP contribution in [0.3, 0.4) is 0 Å². The molecule has 4 nitrogen and oxygen atoms in total. The molecule has 0 aliphatic heterocycles. The number of hydrogen-bond donors (Lipinski definition) is 1. The SMILES string of the molecule is Cc1ccc(C(C)C)c(OC(C)C(=O)NC(C)COCC(F)(F)F)c1. The Labute approximate surface area is 146 Å². The van der Waals surface area contributed by atoms with Gasteiger partial charge in [-0.3, -0.25) is 4.79 Å². The molecule has 0 aromatic heterocycles. The summed E-state index contributed by atoms with van der Waals surface area (Å²) in [6.45, 7) is 7.62. The lowest BCUT2D eigenvalue weighted by atomic mass is 10.0. The van der Waals surface area contributed by atoms with Gasteiger partial charge in [0.15, 0.2) is 6.10 Å². The third kappa shape index (κ3) is 7.77. The van der Waals surface area contributed by atoms with Crippen molar-refractivity contribution in [2.45, 2.75) is 58.9 Å². The van der Waals surface area contributed by atoms with E-state index < -0.39 is 30.8 Å². The molecule has 1 rings (SSSR count). The van der Waals surface area contributed by atoms with Crippen molar-refractivity contribution in [1.82, 2.24) is 5.32 Å². The monoisotopic (exact) mass is 361 g/mol. The lowest BCUT2D eigenvalue weighted by Gasteiger charge is -2.21. The van der Waals surface area contributed by atoms with E-state index in [0.717, 1.165) is 11.1 Å². The molecule has 0 saturated heterocycles. The van der Waals surface area contributed by atoms with Crippen molar-refractivity contribution in [2.75, 3.05) is 13.2 Å². The molecule has 0 radical (unpaired) electrons. The molecule has 142 valence electrons. The van der Waals surface area contributed by atoms with Crippen LogP contribution in [0, 0.1) is 6.92 Å². The summed E-state index contributed by atoms with van der Waals surface area (Å²) in [5, 5.41) is 2.59. The number of halogens is 3. The molecule has 7 heteroatoms. The third-order valence-electron chi connectivity index (χ3n) is 3.49. The molecule has 1 aromatic rings. The molecule has 2 atom stereocenters. The quantitative estimate of drug-likeness (QED) is 0.762. The number of nitrogens with one attached hydrogen (secondary N) is 1. The van der Waals surface area contributed by atoms with Crippen molar-refractivity contribution in [1.29, 1.82) is 0 Å². The first-order chi connectivity index (χ1) is 11.5. The van der Waals surface area contributed by atoms with E-state index in [4.69, 9.17) is 4.74 Å². The van der Waals surface area contributed by atoms with Crippen LogP contribution in [0.4, 0.5) is 13.2 Å². The molecule has 0 aliphatic rings. The van der Waals surface area contributed by atoms with Crippen molar-refractivity contribution < 1.29 is 27.4 Å². The molecule has 0 aliphatic carbocycles. The van der Waals surface area contributed by atoms with E-state index in [0.29, 0.717) is 5.75 Å². The summed E-state index contributed by atoms with van der Waals surface area (Å²) in [6.07, 6.45) is -5.15. The van der Waals surface area contributed by atoms with Crippen LogP contribution in [0.25, 0.3) is 0 Å². The number of rotatable bonds is 8. The highest BCUT2D eigenvalue weighted by Crippen LogP contribution is 2.28. The fourth-order valence-electron chi connectivity index (χ4n) is 2.22. The van der Waals surface area contributed by atoms with Gasteiger partial charge in [-0.2, -0.15) is 13.2 Å². The zero-order valence-corrected chi connectivity index (χ0v) is 15.2. The van der Waals surface area contributed by atoms with Crippen molar-refractivity contribution >= 4 is 5.91 Å². The Bertz CT molecular complexity index is 573. The van der Waals surface area contributed by atoms with Gasteiger partial charge in [0.25, 0.3) is 5.91 Å². The van der Waals surface area contributed by atoms with Crippen LogP contribution >= 0.6 is 0 Å². The summed E-state index contributed by atoms with van der Waals surface area (Å²) in [7, 11) is 0. The average molecular weight is 361 g/mol. The van der Waals surface area contributed by atoms with Gasteiger partial charge < -0.3 is 14.8 Å².